The summed E-state index contributed by atoms with van der Waals surface area (Å²) < 4.78 is 46.4. The van der Waals surface area contributed by atoms with Crippen molar-refractivity contribution in [2.75, 3.05) is 21.3 Å². The summed E-state index contributed by atoms with van der Waals surface area (Å²) in [6.07, 6.45) is 3.05. The zero-order chi connectivity index (χ0) is 22.5. The minimum absolute atomic E-state index is 0. The van der Waals surface area contributed by atoms with Crippen LogP contribution in [0.25, 0.3) is 12.2 Å². The SMILES string of the molecule is COc1ccc(/C=C\c2cc(OC)c(OC)c(OP(=O)([O-])O)c2)cc1OP(=O)([O-])O.[Rb+].[Rb+]. The first kappa shape index (κ1) is 33.1. The largest absolute Gasteiger partial charge is 1.00 e. The van der Waals surface area contributed by atoms with Crippen LogP contribution in [0.1, 0.15) is 11.1 Å². The molecule has 0 aliphatic heterocycles. The van der Waals surface area contributed by atoms with Crippen LogP contribution in [0, 0.1) is 0 Å². The van der Waals surface area contributed by atoms with Crippen molar-refractivity contribution < 1.29 is 168 Å². The molecule has 0 amide bonds. The Morgan fingerprint density at radius 1 is 0.719 bits per heavy atom. The second-order valence-electron chi connectivity index (χ2n) is 5.62. The van der Waals surface area contributed by atoms with E-state index < -0.39 is 15.6 Å². The third-order valence-electron chi connectivity index (χ3n) is 3.55. The van der Waals surface area contributed by atoms with Gasteiger partial charge in [0, 0.05) is 0 Å². The van der Waals surface area contributed by atoms with Crippen LogP contribution in [0.15, 0.2) is 30.3 Å². The number of methoxy groups -OCH3 is 3. The van der Waals surface area contributed by atoms with Gasteiger partial charge in [-0.1, -0.05) is 18.2 Å². The molecule has 0 saturated heterocycles. The fourth-order valence-corrected chi connectivity index (χ4v) is 3.20. The standard InChI is InChI=1S/C17H20O11P2.2Rb/c1-24-13-7-6-11(8-14(13)27-29(18,19)20)4-5-12-9-15(25-2)17(26-3)16(10-12)28-30(21,22)23;;/h4-10H,1-3H3,(H2,18,19,20)(H2,21,22,23);;/q;2*+1/p-2/b5-4-;;. The summed E-state index contributed by atoms with van der Waals surface area (Å²) in [6, 6.07) is 7.09. The molecule has 0 aliphatic carbocycles. The van der Waals surface area contributed by atoms with Crippen LogP contribution in [-0.2, 0) is 9.13 Å². The average molecular weight is 631 g/mol. The second-order valence-corrected chi connectivity index (χ2v) is 7.86. The summed E-state index contributed by atoms with van der Waals surface area (Å²) in [5.74, 6) is -0.371. The number of hydrogen-bond donors (Lipinski definition) is 2. The maximum atomic E-state index is 11.1. The van der Waals surface area contributed by atoms with Crippen molar-refractivity contribution in [3.63, 3.8) is 0 Å². The molecule has 2 unspecified atom stereocenters. The van der Waals surface area contributed by atoms with E-state index >= 15 is 0 Å². The predicted octanol–water partition coefficient (Wildman–Crippen LogP) is -4.43. The summed E-state index contributed by atoms with van der Waals surface area (Å²) >= 11 is 0. The van der Waals surface area contributed by atoms with Crippen molar-refractivity contribution in [3.05, 3.63) is 41.5 Å². The van der Waals surface area contributed by atoms with Gasteiger partial charge in [0.15, 0.2) is 23.0 Å². The van der Waals surface area contributed by atoms with E-state index in [9.17, 15) is 18.9 Å². The van der Waals surface area contributed by atoms with E-state index in [4.69, 9.17) is 24.0 Å². The number of phosphoric acid groups is 2. The van der Waals surface area contributed by atoms with Crippen LogP contribution < -0.4 is 149 Å². The van der Waals surface area contributed by atoms with Gasteiger partial charge in [0.25, 0.3) is 0 Å². The Morgan fingerprint density at radius 3 is 1.69 bits per heavy atom. The summed E-state index contributed by atoms with van der Waals surface area (Å²) in [5, 5.41) is 0. The molecule has 0 aliphatic rings. The zero-order valence-electron chi connectivity index (χ0n) is 18.0. The Balaban J connectivity index is 0.00000480. The summed E-state index contributed by atoms with van der Waals surface area (Å²) in [4.78, 5) is 40.1. The van der Waals surface area contributed by atoms with Crippen LogP contribution in [0.4, 0.5) is 0 Å². The Hall–Kier alpha value is 1.09. The van der Waals surface area contributed by atoms with Crippen molar-refractivity contribution >= 4 is 27.8 Å². The monoisotopic (exact) mass is 630 g/mol. The first-order valence-corrected chi connectivity index (χ1v) is 11.0. The molecule has 2 aromatic carbocycles. The van der Waals surface area contributed by atoms with Gasteiger partial charge in [0.05, 0.1) is 21.3 Å². The Bertz CT molecular complexity index is 1030. The predicted molar refractivity (Wildman–Crippen MR) is 102 cm³/mol. The van der Waals surface area contributed by atoms with Gasteiger partial charge in [0.2, 0.25) is 5.75 Å². The van der Waals surface area contributed by atoms with E-state index in [0.717, 1.165) is 0 Å². The molecule has 164 valence electrons. The topological polar surface area (TPSA) is 167 Å². The Kier molecular flexibility index (Phi) is 15.1. The van der Waals surface area contributed by atoms with E-state index in [-0.39, 0.29) is 145 Å². The normalized spacial score (nSPS) is 14.2. The van der Waals surface area contributed by atoms with Crippen molar-refractivity contribution in [3.8, 4) is 28.7 Å². The van der Waals surface area contributed by atoms with Gasteiger partial charge in [-0.3, -0.25) is 9.13 Å². The fraction of sp³-hybridized carbons (Fsp3) is 0.176. The molecule has 2 aromatic rings. The van der Waals surface area contributed by atoms with E-state index in [1.807, 2.05) is 0 Å². The van der Waals surface area contributed by atoms with Crippen LogP contribution in [-0.4, -0.2) is 31.1 Å². The molecule has 0 heterocycles. The number of benzene rings is 2. The van der Waals surface area contributed by atoms with Crippen LogP contribution >= 0.6 is 15.6 Å². The van der Waals surface area contributed by atoms with Gasteiger partial charge in [-0.15, -0.1) is 0 Å². The van der Waals surface area contributed by atoms with Gasteiger partial charge in [-0.05, 0) is 35.4 Å². The summed E-state index contributed by atoms with van der Waals surface area (Å²) in [7, 11) is -6.27. The molecule has 0 aromatic heterocycles. The minimum atomic E-state index is -5.11. The molecular formula is C17H18O11P2Rb2. The van der Waals surface area contributed by atoms with Gasteiger partial charge < -0.3 is 42.8 Å². The molecule has 0 spiro atoms. The fourth-order valence-electron chi connectivity index (χ4n) is 2.42. The maximum absolute atomic E-state index is 11.1. The van der Waals surface area contributed by atoms with Crippen molar-refractivity contribution in [1.29, 1.82) is 0 Å². The quantitative estimate of drug-likeness (QED) is 0.203. The van der Waals surface area contributed by atoms with E-state index in [0.29, 0.717) is 11.1 Å². The summed E-state index contributed by atoms with van der Waals surface area (Å²) in [5.41, 5.74) is 0.846. The van der Waals surface area contributed by atoms with Crippen molar-refractivity contribution in [2.45, 2.75) is 0 Å². The number of ether oxygens (including phenoxy) is 3. The number of phosphoric ester groups is 2. The molecule has 32 heavy (non-hydrogen) atoms. The van der Waals surface area contributed by atoms with Gasteiger partial charge in [0.1, 0.15) is 0 Å². The second kappa shape index (κ2) is 14.6. The van der Waals surface area contributed by atoms with Crippen LogP contribution in [0.2, 0.25) is 0 Å². The molecule has 0 radical (unpaired) electrons. The summed E-state index contributed by atoms with van der Waals surface area (Å²) in [6.45, 7) is 0. The zero-order valence-corrected chi connectivity index (χ0v) is 29.6. The molecule has 2 N–H and O–H groups in total. The van der Waals surface area contributed by atoms with Gasteiger partial charge in [-0.2, -0.15) is 0 Å². The van der Waals surface area contributed by atoms with E-state index in [1.165, 1.54) is 57.7 Å². The smallest absolute Gasteiger partial charge is 0.746 e. The van der Waals surface area contributed by atoms with E-state index in [1.54, 1.807) is 6.07 Å². The molecule has 0 bridgehead atoms. The van der Waals surface area contributed by atoms with Crippen LogP contribution in [0.5, 0.6) is 28.7 Å². The maximum Gasteiger partial charge on any atom is 1.00 e. The Morgan fingerprint density at radius 2 is 1.19 bits per heavy atom. The first-order chi connectivity index (χ1) is 14.0. The van der Waals surface area contributed by atoms with Crippen molar-refractivity contribution in [2.24, 2.45) is 0 Å². The van der Waals surface area contributed by atoms with Crippen LogP contribution in [0.3, 0.4) is 0 Å². The van der Waals surface area contributed by atoms with Gasteiger partial charge >= 0.3 is 132 Å². The average Bonchev–Trinajstić information content (AvgIpc) is 2.63. The van der Waals surface area contributed by atoms with Gasteiger partial charge in [-0.25, -0.2) is 0 Å². The van der Waals surface area contributed by atoms with Crippen molar-refractivity contribution in [1.82, 2.24) is 0 Å². The third-order valence-corrected chi connectivity index (χ3v) is 4.41. The molecular weight excluding hydrogens is 613 g/mol. The minimum Gasteiger partial charge on any atom is -0.746 e. The number of rotatable bonds is 9. The molecule has 2 rings (SSSR count). The third kappa shape index (κ3) is 10.8. The molecule has 15 heteroatoms. The number of hydrogen-bond acceptors (Lipinski definition) is 9. The molecule has 11 nitrogen and oxygen atoms in total. The molecule has 0 saturated carbocycles. The molecule has 2 atom stereocenters. The Labute approximate surface area is 282 Å². The first-order valence-electron chi connectivity index (χ1n) is 8.04. The van der Waals surface area contributed by atoms with E-state index in [2.05, 4.69) is 9.05 Å². The molecule has 0 fully saturated rings.